The molecule has 0 heterocycles. The number of hydrogen-bond acceptors (Lipinski definition) is 2. The molecule has 25 heavy (non-hydrogen) atoms. The molecule has 0 saturated carbocycles. The normalized spacial score (nSPS) is 12.7. The third kappa shape index (κ3) is 4.13. The molecule has 3 aromatic carbocycles. The van der Waals surface area contributed by atoms with Crippen molar-refractivity contribution in [1.82, 2.24) is 4.72 Å². The van der Waals surface area contributed by atoms with Crippen molar-refractivity contribution in [3.8, 4) is 0 Å². The van der Waals surface area contributed by atoms with E-state index in [1.807, 2.05) is 61.5 Å². The number of rotatable bonds is 5. The Kier molecular flexibility index (Phi) is 4.97. The van der Waals surface area contributed by atoms with Gasteiger partial charge in [-0.3, -0.25) is 0 Å². The Morgan fingerprint density at radius 3 is 1.96 bits per heavy atom. The van der Waals surface area contributed by atoms with Gasteiger partial charge in [-0.1, -0.05) is 60.2 Å². The highest BCUT2D eigenvalue weighted by Gasteiger charge is 2.22. The molecule has 0 aliphatic heterocycles. The van der Waals surface area contributed by atoms with Crippen LogP contribution in [0.1, 0.15) is 22.7 Å². The van der Waals surface area contributed by atoms with Crippen LogP contribution in [0.4, 0.5) is 4.39 Å². The van der Waals surface area contributed by atoms with Crippen molar-refractivity contribution in [3.05, 3.63) is 101 Å². The number of halogens is 1. The van der Waals surface area contributed by atoms with Gasteiger partial charge in [-0.2, -0.15) is 4.72 Å². The van der Waals surface area contributed by atoms with E-state index < -0.39 is 21.9 Å². The van der Waals surface area contributed by atoms with Crippen LogP contribution >= 0.6 is 0 Å². The molecule has 0 radical (unpaired) electrons. The summed E-state index contributed by atoms with van der Waals surface area (Å²) in [7, 11) is -3.80. The van der Waals surface area contributed by atoms with Crippen LogP contribution in [0.5, 0.6) is 0 Å². The van der Waals surface area contributed by atoms with Crippen LogP contribution in [0, 0.1) is 12.7 Å². The second-order valence-corrected chi connectivity index (χ2v) is 7.54. The minimum atomic E-state index is -3.80. The Morgan fingerprint density at radius 1 is 0.800 bits per heavy atom. The molecule has 3 nitrogen and oxygen atoms in total. The molecule has 3 aromatic rings. The zero-order chi connectivity index (χ0) is 17.9. The van der Waals surface area contributed by atoms with Crippen LogP contribution in [0.15, 0.2) is 83.8 Å². The quantitative estimate of drug-likeness (QED) is 0.745. The first kappa shape index (κ1) is 17.3. The van der Waals surface area contributed by atoms with Gasteiger partial charge in [0.05, 0.1) is 10.9 Å². The first-order valence-electron chi connectivity index (χ1n) is 7.85. The van der Waals surface area contributed by atoms with Gasteiger partial charge in [0.25, 0.3) is 0 Å². The second-order valence-electron chi connectivity index (χ2n) is 5.83. The Morgan fingerprint density at radius 2 is 1.36 bits per heavy atom. The Balaban J connectivity index is 2.00. The summed E-state index contributed by atoms with van der Waals surface area (Å²) in [5.74, 6) is -0.475. The van der Waals surface area contributed by atoms with Crippen LogP contribution in [0.25, 0.3) is 0 Å². The molecule has 0 amide bonds. The van der Waals surface area contributed by atoms with E-state index in [-0.39, 0.29) is 4.90 Å². The monoisotopic (exact) mass is 355 g/mol. The Bertz CT molecular complexity index is 937. The highest BCUT2D eigenvalue weighted by molar-refractivity contribution is 7.89. The predicted molar refractivity (Wildman–Crippen MR) is 96.2 cm³/mol. The number of hydrogen-bond donors (Lipinski definition) is 1. The summed E-state index contributed by atoms with van der Waals surface area (Å²) >= 11 is 0. The largest absolute Gasteiger partial charge is 0.241 e. The van der Waals surface area contributed by atoms with Crippen molar-refractivity contribution in [1.29, 1.82) is 0 Å². The van der Waals surface area contributed by atoms with E-state index in [0.717, 1.165) is 28.8 Å². The van der Waals surface area contributed by atoms with E-state index in [4.69, 9.17) is 0 Å². The molecule has 1 N–H and O–H groups in total. The third-order valence-electron chi connectivity index (χ3n) is 3.94. The fourth-order valence-corrected chi connectivity index (χ4v) is 3.78. The van der Waals surface area contributed by atoms with Crippen LogP contribution in [0.2, 0.25) is 0 Å². The summed E-state index contributed by atoms with van der Waals surface area (Å²) in [5.41, 5.74) is 2.76. The molecule has 0 aliphatic rings. The standard InChI is InChI=1S/C20H18FNO2S/c1-15-7-9-17(10-8-15)20(16-5-3-2-4-6-16)22-25(23,24)19-13-11-18(21)12-14-19/h2-14,20,22H,1H3/t20-/m1/s1. The highest BCUT2D eigenvalue weighted by atomic mass is 32.2. The van der Waals surface area contributed by atoms with Crippen LogP contribution in [0.3, 0.4) is 0 Å². The molecular formula is C20H18FNO2S. The number of nitrogens with one attached hydrogen (secondary N) is 1. The second kappa shape index (κ2) is 7.17. The maximum Gasteiger partial charge on any atom is 0.241 e. The maximum absolute atomic E-state index is 13.1. The molecule has 0 fully saturated rings. The van der Waals surface area contributed by atoms with Crippen LogP contribution in [-0.4, -0.2) is 8.42 Å². The van der Waals surface area contributed by atoms with Crippen LogP contribution < -0.4 is 4.72 Å². The SMILES string of the molecule is Cc1ccc([C@H](NS(=O)(=O)c2ccc(F)cc2)c2ccccc2)cc1. The Labute approximate surface area is 147 Å². The van der Waals surface area contributed by atoms with E-state index in [2.05, 4.69) is 4.72 Å². The van der Waals surface area contributed by atoms with Gasteiger partial charge in [-0.25, -0.2) is 12.8 Å². The predicted octanol–water partition coefficient (Wildman–Crippen LogP) is 4.20. The molecule has 0 unspecified atom stereocenters. The average Bonchev–Trinajstić information content (AvgIpc) is 2.62. The smallest absolute Gasteiger partial charge is 0.207 e. The molecule has 0 aliphatic carbocycles. The average molecular weight is 355 g/mol. The zero-order valence-electron chi connectivity index (χ0n) is 13.7. The zero-order valence-corrected chi connectivity index (χ0v) is 14.5. The third-order valence-corrected chi connectivity index (χ3v) is 5.38. The fourth-order valence-electron chi connectivity index (χ4n) is 2.57. The molecule has 0 saturated heterocycles. The fraction of sp³-hybridized carbons (Fsp3) is 0.100. The summed E-state index contributed by atoms with van der Waals surface area (Å²) in [6.45, 7) is 1.98. The van der Waals surface area contributed by atoms with Crippen molar-refractivity contribution in [3.63, 3.8) is 0 Å². The summed E-state index contributed by atoms with van der Waals surface area (Å²) < 4.78 is 41.3. The van der Waals surface area contributed by atoms with Gasteiger partial charge >= 0.3 is 0 Å². The van der Waals surface area contributed by atoms with Gasteiger partial charge in [0, 0.05) is 0 Å². The van der Waals surface area contributed by atoms with Crippen molar-refractivity contribution < 1.29 is 12.8 Å². The van der Waals surface area contributed by atoms with Gasteiger partial charge in [-0.15, -0.1) is 0 Å². The lowest BCUT2D eigenvalue weighted by molar-refractivity contribution is 0.571. The van der Waals surface area contributed by atoms with Gasteiger partial charge in [0.1, 0.15) is 5.82 Å². The van der Waals surface area contributed by atoms with Gasteiger partial charge < -0.3 is 0 Å². The van der Waals surface area contributed by atoms with Crippen molar-refractivity contribution >= 4 is 10.0 Å². The van der Waals surface area contributed by atoms with Gasteiger partial charge in [-0.05, 0) is 42.3 Å². The van der Waals surface area contributed by atoms with Crippen molar-refractivity contribution in [2.24, 2.45) is 0 Å². The molecule has 128 valence electrons. The van der Waals surface area contributed by atoms with E-state index in [1.54, 1.807) is 0 Å². The minimum Gasteiger partial charge on any atom is -0.207 e. The molecule has 1 atom stereocenters. The number of sulfonamides is 1. The molecular weight excluding hydrogens is 337 g/mol. The summed E-state index contributed by atoms with van der Waals surface area (Å²) in [6, 6.07) is 21.3. The molecule has 0 bridgehead atoms. The summed E-state index contributed by atoms with van der Waals surface area (Å²) in [5, 5.41) is 0. The Hall–Kier alpha value is -2.50. The first-order valence-corrected chi connectivity index (χ1v) is 9.33. The number of benzene rings is 3. The lowest BCUT2D eigenvalue weighted by atomic mass is 9.99. The summed E-state index contributed by atoms with van der Waals surface area (Å²) in [6.07, 6.45) is 0. The van der Waals surface area contributed by atoms with E-state index in [0.29, 0.717) is 0 Å². The maximum atomic E-state index is 13.1. The number of aryl methyl sites for hydroxylation is 1. The minimum absolute atomic E-state index is 0.0296. The summed E-state index contributed by atoms with van der Waals surface area (Å²) in [4.78, 5) is 0.0296. The van der Waals surface area contributed by atoms with Gasteiger partial charge in [0.2, 0.25) is 10.0 Å². The molecule has 5 heteroatoms. The van der Waals surface area contributed by atoms with Crippen molar-refractivity contribution in [2.45, 2.75) is 17.9 Å². The topological polar surface area (TPSA) is 46.2 Å². The highest BCUT2D eigenvalue weighted by Crippen LogP contribution is 2.25. The lowest BCUT2D eigenvalue weighted by Gasteiger charge is -2.20. The van der Waals surface area contributed by atoms with Crippen molar-refractivity contribution in [2.75, 3.05) is 0 Å². The molecule has 0 spiro atoms. The lowest BCUT2D eigenvalue weighted by Crippen LogP contribution is -2.29. The van der Waals surface area contributed by atoms with E-state index in [1.165, 1.54) is 12.1 Å². The van der Waals surface area contributed by atoms with E-state index in [9.17, 15) is 12.8 Å². The molecule has 0 aromatic heterocycles. The van der Waals surface area contributed by atoms with Crippen LogP contribution in [-0.2, 0) is 10.0 Å². The van der Waals surface area contributed by atoms with E-state index >= 15 is 0 Å². The van der Waals surface area contributed by atoms with Gasteiger partial charge in [0.15, 0.2) is 0 Å². The molecule has 3 rings (SSSR count). The first-order chi connectivity index (χ1) is 12.0.